The fourth-order valence-corrected chi connectivity index (χ4v) is 3.67. The van der Waals surface area contributed by atoms with E-state index in [1.165, 1.54) is 43.2 Å². The number of hydrogen-bond acceptors (Lipinski definition) is 1. The number of likely N-dealkylation sites (N-methyl/N-ethyl adjacent to an activating group) is 1. The standard InChI is InChI=1S/C15H20FN/c1-17-10-11-5-8-15(6-2-7-15)14-9-12(16)3-4-13(11)14/h3-4,9,11,17H,2,5-8,10H2,1H3. The Bertz CT molecular complexity index is 423. The van der Waals surface area contributed by atoms with E-state index in [0.29, 0.717) is 11.3 Å². The van der Waals surface area contributed by atoms with Crippen molar-refractivity contribution < 1.29 is 4.39 Å². The minimum Gasteiger partial charge on any atom is -0.319 e. The van der Waals surface area contributed by atoms with E-state index < -0.39 is 0 Å². The second-order valence-electron chi connectivity index (χ2n) is 5.66. The molecule has 2 heteroatoms. The summed E-state index contributed by atoms with van der Waals surface area (Å²) in [4.78, 5) is 0. The Kier molecular flexibility index (Phi) is 2.70. The van der Waals surface area contributed by atoms with Crippen LogP contribution in [0.1, 0.15) is 49.1 Å². The Labute approximate surface area is 102 Å². The van der Waals surface area contributed by atoms with Gasteiger partial charge in [0.1, 0.15) is 5.82 Å². The lowest BCUT2D eigenvalue weighted by Gasteiger charge is -2.48. The second kappa shape index (κ2) is 4.09. The van der Waals surface area contributed by atoms with E-state index in [-0.39, 0.29) is 5.82 Å². The van der Waals surface area contributed by atoms with Gasteiger partial charge in [-0.25, -0.2) is 4.39 Å². The summed E-state index contributed by atoms with van der Waals surface area (Å²) in [5.74, 6) is 0.502. The van der Waals surface area contributed by atoms with E-state index in [0.717, 1.165) is 6.54 Å². The molecule has 2 aliphatic carbocycles. The summed E-state index contributed by atoms with van der Waals surface area (Å²) in [5.41, 5.74) is 3.05. The quantitative estimate of drug-likeness (QED) is 0.826. The van der Waals surface area contributed by atoms with E-state index in [9.17, 15) is 4.39 Å². The maximum absolute atomic E-state index is 13.5. The molecule has 1 saturated carbocycles. The minimum absolute atomic E-state index is 0.0693. The van der Waals surface area contributed by atoms with Crippen LogP contribution < -0.4 is 5.32 Å². The summed E-state index contributed by atoms with van der Waals surface area (Å²) in [5, 5.41) is 3.26. The van der Waals surface area contributed by atoms with Crippen LogP contribution in [0.4, 0.5) is 4.39 Å². The Morgan fingerprint density at radius 1 is 1.35 bits per heavy atom. The van der Waals surface area contributed by atoms with Crippen LogP contribution >= 0.6 is 0 Å². The van der Waals surface area contributed by atoms with Crippen molar-refractivity contribution in [2.45, 2.75) is 43.4 Å². The summed E-state index contributed by atoms with van der Waals surface area (Å²) < 4.78 is 13.5. The predicted molar refractivity (Wildman–Crippen MR) is 67.8 cm³/mol. The molecular weight excluding hydrogens is 213 g/mol. The monoisotopic (exact) mass is 233 g/mol. The molecule has 3 rings (SSSR count). The van der Waals surface area contributed by atoms with Crippen molar-refractivity contribution in [3.05, 3.63) is 35.1 Å². The molecule has 1 aromatic carbocycles. The Balaban J connectivity index is 2.03. The summed E-state index contributed by atoms with van der Waals surface area (Å²) in [6.45, 7) is 1.01. The zero-order chi connectivity index (χ0) is 11.9. The van der Waals surface area contributed by atoms with Crippen molar-refractivity contribution in [1.29, 1.82) is 0 Å². The molecule has 0 amide bonds. The smallest absolute Gasteiger partial charge is 0.123 e. The van der Waals surface area contributed by atoms with Gasteiger partial charge < -0.3 is 5.32 Å². The zero-order valence-corrected chi connectivity index (χ0v) is 10.4. The lowest BCUT2D eigenvalue weighted by molar-refractivity contribution is 0.197. The second-order valence-corrected chi connectivity index (χ2v) is 5.66. The van der Waals surface area contributed by atoms with Gasteiger partial charge in [0.25, 0.3) is 0 Å². The lowest BCUT2D eigenvalue weighted by atomic mass is 9.56. The third-order valence-electron chi connectivity index (χ3n) is 4.76. The van der Waals surface area contributed by atoms with Crippen molar-refractivity contribution >= 4 is 0 Å². The average Bonchev–Trinajstić information content (AvgIpc) is 2.27. The van der Waals surface area contributed by atoms with E-state index in [1.54, 1.807) is 12.1 Å². The molecule has 1 spiro atoms. The highest BCUT2D eigenvalue weighted by Crippen LogP contribution is 2.53. The molecule has 1 nitrogen and oxygen atoms in total. The Morgan fingerprint density at radius 3 is 2.82 bits per heavy atom. The van der Waals surface area contributed by atoms with Gasteiger partial charge in [-0.05, 0) is 67.3 Å². The van der Waals surface area contributed by atoms with Crippen molar-refractivity contribution in [3.63, 3.8) is 0 Å². The summed E-state index contributed by atoms with van der Waals surface area (Å²) in [6, 6.07) is 5.45. The highest BCUT2D eigenvalue weighted by molar-refractivity contribution is 5.41. The van der Waals surface area contributed by atoms with Crippen LogP contribution in [0.25, 0.3) is 0 Å². The van der Waals surface area contributed by atoms with Gasteiger partial charge in [-0.1, -0.05) is 12.5 Å². The molecule has 0 aliphatic heterocycles. The van der Waals surface area contributed by atoms with Crippen LogP contribution in [0.15, 0.2) is 18.2 Å². The van der Waals surface area contributed by atoms with Gasteiger partial charge >= 0.3 is 0 Å². The fourth-order valence-electron chi connectivity index (χ4n) is 3.67. The molecule has 1 aromatic rings. The first kappa shape index (κ1) is 11.2. The van der Waals surface area contributed by atoms with Gasteiger partial charge in [0.15, 0.2) is 0 Å². The van der Waals surface area contributed by atoms with Crippen molar-refractivity contribution in [2.75, 3.05) is 13.6 Å². The summed E-state index contributed by atoms with van der Waals surface area (Å²) in [7, 11) is 2.00. The SMILES string of the molecule is CNCC1CCC2(CCC2)c2cc(F)ccc21. The molecule has 1 unspecified atom stereocenters. The zero-order valence-electron chi connectivity index (χ0n) is 10.4. The van der Waals surface area contributed by atoms with Gasteiger partial charge in [0, 0.05) is 6.54 Å². The number of hydrogen-bond donors (Lipinski definition) is 1. The molecule has 0 saturated heterocycles. The third kappa shape index (κ3) is 1.70. The molecule has 1 atom stereocenters. The molecule has 0 heterocycles. The fraction of sp³-hybridized carbons (Fsp3) is 0.600. The van der Waals surface area contributed by atoms with Crippen molar-refractivity contribution in [2.24, 2.45) is 0 Å². The van der Waals surface area contributed by atoms with Gasteiger partial charge in [-0.2, -0.15) is 0 Å². The van der Waals surface area contributed by atoms with Gasteiger partial charge in [0.2, 0.25) is 0 Å². The van der Waals surface area contributed by atoms with Gasteiger partial charge in [0.05, 0.1) is 0 Å². The van der Waals surface area contributed by atoms with Gasteiger partial charge in [-0.3, -0.25) is 0 Å². The lowest BCUT2D eigenvalue weighted by Crippen LogP contribution is -2.40. The normalized spacial score (nSPS) is 25.4. The van der Waals surface area contributed by atoms with Crippen molar-refractivity contribution in [1.82, 2.24) is 5.32 Å². The van der Waals surface area contributed by atoms with Crippen LogP contribution in [-0.4, -0.2) is 13.6 Å². The highest BCUT2D eigenvalue weighted by atomic mass is 19.1. The molecule has 2 aliphatic rings. The van der Waals surface area contributed by atoms with Crippen LogP contribution in [0.5, 0.6) is 0 Å². The number of rotatable bonds is 2. The minimum atomic E-state index is -0.0693. The van der Waals surface area contributed by atoms with E-state index in [4.69, 9.17) is 0 Å². The third-order valence-corrected chi connectivity index (χ3v) is 4.76. The van der Waals surface area contributed by atoms with Crippen LogP contribution in [0, 0.1) is 5.82 Å². The predicted octanol–water partition coefficient (Wildman–Crippen LogP) is 3.34. The molecule has 1 fully saturated rings. The molecule has 1 N–H and O–H groups in total. The summed E-state index contributed by atoms with van der Waals surface area (Å²) in [6.07, 6.45) is 6.33. The number of nitrogens with one attached hydrogen (secondary N) is 1. The molecule has 0 radical (unpaired) electrons. The molecule has 0 aromatic heterocycles. The van der Waals surface area contributed by atoms with Crippen LogP contribution in [-0.2, 0) is 5.41 Å². The molecule has 17 heavy (non-hydrogen) atoms. The van der Waals surface area contributed by atoms with Crippen molar-refractivity contribution in [3.8, 4) is 0 Å². The number of fused-ring (bicyclic) bond motifs is 2. The Hall–Kier alpha value is -0.890. The van der Waals surface area contributed by atoms with E-state index >= 15 is 0 Å². The van der Waals surface area contributed by atoms with E-state index in [2.05, 4.69) is 5.32 Å². The van der Waals surface area contributed by atoms with Crippen LogP contribution in [0.3, 0.4) is 0 Å². The highest BCUT2D eigenvalue weighted by Gasteiger charge is 2.43. The first-order valence-corrected chi connectivity index (χ1v) is 6.70. The maximum atomic E-state index is 13.5. The number of benzene rings is 1. The largest absolute Gasteiger partial charge is 0.319 e. The topological polar surface area (TPSA) is 12.0 Å². The van der Waals surface area contributed by atoms with E-state index in [1.807, 2.05) is 13.1 Å². The first-order valence-electron chi connectivity index (χ1n) is 6.70. The molecular formula is C15H20FN. The maximum Gasteiger partial charge on any atom is 0.123 e. The number of halogens is 1. The first-order chi connectivity index (χ1) is 8.25. The van der Waals surface area contributed by atoms with Gasteiger partial charge in [-0.15, -0.1) is 0 Å². The van der Waals surface area contributed by atoms with Crippen LogP contribution in [0.2, 0.25) is 0 Å². The average molecular weight is 233 g/mol. The molecule has 0 bridgehead atoms. The molecule has 92 valence electrons. The summed E-state index contributed by atoms with van der Waals surface area (Å²) >= 11 is 0. The Morgan fingerprint density at radius 2 is 2.18 bits per heavy atom.